The van der Waals surface area contributed by atoms with Gasteiger partial charge in [-0.2, -0.15) is 12.2 Å². The van der Waals surface area contributed by atoms with Crippen molar-refractivity contribution in [1.82, 2.24) is 0 Å². The average Bonchev–Trinajstić information content (AvgIpc) is 3.00. The molecule has 17 heavy (non-hydrogen) atoms. The zero-order chi connectivity index (χ0) is 11.9. The number of hydrogen-bond donors (Lipinski definition) is 0. The summed E-state index contributed by atoms with van der Waals surface area (Å²) in [6, 6.07) is 0. The summed E-state index contributed by atoms with van der Waals surface area (Å²) in [5, 5.41) is 0. The standard InChI is InChI=1S/C6H14.2C5H5.Cr/c1-3-5-6-4-2;2*1-2-4-5-3-1;/h3-6H2,1-2H3;2*1-3H,4H2;/q;2*-1;+2. The number of allylic oxidation sites excluding steroid dienone is 8. The second-order valence-electron chi connectivity index (χ2n) is 3.71. The molecule has 0 aromatic carbocycles. The fourth-order valence-corrected chi connectivity index (χ4v) is 1.18. The van der Waals surface area contributed by atoms with E-state index in [1.165, 1.54) is 25.7 Å². The Labute approximate surface area is 118 Å². The molecular weight excluding hydrogens is 244 g/mol. The maximum absolute atomic E-state index is 2.99. The Balaban J connectivity index is 0. The second-order valence-corrected chi connectivity index (χ2v) is 3.71. The van der Waals surface area contributed by atoms with Crippen molar-refractivity contribution in [2.45, 2.75) is 52.4 Å². The van der Waals surface area contributed by atoms with Crippen molar-refractivity contribution >= 4 is 0 Å². The summed E-state index contributed by atoms with van der Waals surface area (Å²) < 4.78 is 0. The summed E-state index contributed by atoms with van der Waals surface area (Å²) >= 11 is 0. The Bertz CT molecular complexity index is 188. The van der Waals surface area contributed by atoms with Crippen LogP contribution in [0.2, 0.25) is 0 Å². The van der Waals surface area contributed by atoms with Crippen LogP contribution in [0.3, 0.4) is 0 Å². The molecule has 0 saturated carbocycles. The molecule has 94 valence electrons. The molecule has 2 aliphatic carbocycles. The summed E-state index contributed by atoms with van der Waals surface area (Å²) in [5.41, 5.74) is 0. The molecule has 0 saturated heterocycles. The van der Waals surface area contributed by atoms with Gasteiger partial charge in [0.05, 0.1) is 0 Å². The normalized spacial score (nSPS) is 13.5. The van der Waals surface area contributed by atoms with Crippen molar-refractivity contribution in [1.29, 1.82) is 0 Å². The molecule has 2 aliphatic rings. The molecule has 0 N–H and O–H groups in total. The van der Waals surface area contributed by atoms with Crippen LogP contribution < -0.4 is 0 Å². The molecule has 0 aromatic rings. The van der Waals surface area contributed by atoms with Gasteiger partial charge in [-0.1, -0.05) is 39.5 Å². The molecular formula is C16H24Cr. The topological polar surface area (TPSA) is 0 Å². The van der Waals surface area contributed by atoms with Crippen LogP contribution in [0.1, 0.15) is 52.4 Å². The van der Waals surface area contributed by atoms with Crippen molar-refractivity contribution in [3.05, 3.63) is 48.6 Å². The van der Waals surface area contributed by atoms with Crippen LogP contribution in [-0.2, 0) is 17.4 Å². The maximum atomic E-state index is 2.99. The molecule has 0 nitrogen and oxygen atoms in total. The van der Waals surface area contributed by atoms with E-state index in [9.17, 15) is 0 Å². The van der Waals surface area contributed by atoms with E-state index in [0.29, 0.717) is 0 Å². The van der Waals surface area contributed by atoms with Crippen LogP contribution in [0.15, 0.2) is 36.5 Å². The summed E-state index contributed by atoms with van der Waals surface area (Å²) in [7, 11) is 0. The first kappa shape index (κ1) is 18.8. The van der Waals surface area contributed by atoms with Gasteiger partial charge in [0.25, 0.3) is 0 Å². The smallest absolute Gasteiger partial charge is 0.273 e. The van der Waals surface area contributed by atoms with Crippen molar-refractivity contribution < 1.29 is 17.4 Å². The Morgan fingerprint density at radius 1 is 0.824 bits per heavy atom. The minimum absolute atomic E-state index is 0. The third kappa shape index (κ3) is 18.1. The van der Waals surface area contributed by atoms with Gasteiger partial charge >= 0.3 is 17.4 Å². The fourth-order valence-electron chi connectivity index (χ4n) is 1.18. The van der Waals surface area contributed by atoms with Gasteiger partial charge in [0.15, 0.2) is 0 Å². The summed E-state index contributed by atoms with van der Waals surface area (Å²) in [6.45, 7) is 4.46. The summed E-state index contributed by atoms with van der Waals surface area (Å²) in [4.78, 5) is 0. The number of rotatable bonds is 3. The van der Waals surface area contributed by atoms with E-state index in [2.05, 4.69) is 38.2 Å². The Morgan fingerprint density at radius 2 is 1.24 bits per heavy atom. The molecule has 0 bridgehead atoms. The van der Waals surface area contributed by atoms with Gasteiger partial charge in [0.1, 0.15) is 0 Å². The third-order valence-electron chi connectivity index (χ3n) is 2.13. The van der Waals surface area contributed by atoms with E-state index in [1.807, 2.05) is 24.3 Å². The van der Waals surface area contributed by atoms with Crippen molar-refractivity contribution in [2.75, 3.05) is 0 Å². The van der Waals surface area contributed by atoms with Gasteiger partial charge in [-0.05, 0) is 0 Å². The van der Waals surface area contributed by atoms with Crippen LogP contribution in [0.4, 0.5) is 0 Å². The van der Waals surface area contributed by atoms with Gasteiger partial charge in [-0.25, -0.2) is 24.3 Å². The zero-order valence-corrected chi connectivity index (χ0v) is 12.4. The quantitative estimate of drug-likeness (QED) is 0.488. The van der Waals surface area contributed by atoms with Crippen LogP contribution in [-0.4, -0.2) is 0 Å². The first-order valence-electron chi connectivity index (χ1n) is 6.35. The maximum Gasteiger partial charge on any atom is 2.00 e. The van der Waals surface area contributed by atoms with E-state index in [4.69, 9.17) is 0 Å². The van der Waals surface area contributed by atoms with E-state index in [1.54, 1.807) is 0 Å². The Morgan fingerprint density at radius 3 is 1.35 bits per heavy atom. The first-order valence-corrected chi connectivity index (χ1v) is 6.35. The molecule has 0 spiro atoms. The van der Waals surface area contributed by atoms with Gasteiger partial charge < -0.3 is 0 Å². The van der Waals surface area contributed by atoms with E-state index < -0.39 is 0 Å². The van der Waals surface area contributed by atoms with E-state index >= 15 is 0 Å². The summed E-state index contributed by atoms with van der Waals surface area (Å²) in [5.74, 6) is 0. The molecule has 0 fully saturated rings. The van der Waals surface area contributed by atoms with Gasteiger partial charge in [0.2, 0.25) is 0 Å². The van der Waals surface area contributed by atoms with Crippen LogP contribution >= 0.6 is 0 Å². The molecule has 0 amide bonds. The van der Waals surface area contributed by atoms with Gasteiger partial charge in [-0.15, -0.1) is 12.8 Å². The van der Waals surface area contributed by atoms with E-state index in [0.717, 1.165) is 12.8 Å². The van der Waals surface area contributed by atoms with Crippen LogP contribution in [0.5, 0.6) is 0 Å². The largest absolute Gasteiger partial charge is 2.00 e. The molecule has 2 rings (SSSR count). The van der Waals surface area contributed by atoms with Gasteiger partial charge in [-0.3, -0.25) is 12.2 Å². The molecule has 0 heterocycles. The number of hydrogen-bond acceptors (Lipinski definition) is 0. The molecule has 0 atom stereocenters. The molecule has 0 unspecified atom stereocenters. The zero-order valence-electron chi connectivity index (χ0n) is 11.1. The SMILES string of the molecule is CCCCCC.[C-]1=CC=CC1.[C-]1=CC=CC1.[Cr+2]. The molecule has 0 aliphatic heterocycles. The minimum atomic E-state index is 0. The van der Waals surface area contributed by atoms with E-state index in [-0.39, 0.29) is 17.4 Å². The van der Waals surface area contributed by atoms with Crippen LogP contribution in [0, 0.1) is 12.2 Å². The summed E-state index contributed by atoms with van der Waals surface area (Å²) in [6.07, 6.45) is 25.5. The van der Waals surface area contributed by atoms with Crippen molar-refractivity contribution in [3.63, 3.8) is 0 Å². The van der Waals surface area contributed by atoms with Gasteiger partial charge in [0, 0.05) is 0 Å². The second kappa shape index (κ2) is 17.9. The van der Waals surface area contributed by atoms with Crippen molar-refractivity contribution in [2.24, 2.45) is 0 Å². The van der Waals surface area contributed by atoms with Crippen LogP contribution in [0.25, 0.3) is 0 Å². The molecule has 0 aromatic heterocycles. The Kier molecular flexibility index (Phi) is 19.8. The molecule has 0 radical (unpaired) electrons. The Hall–Kier alpha value is -0.508. The average molecular weight is 268 g/mol. The first-order chi connectivity index (χ1) is 7.91. The van der Waals surface area contributed by atoms with Crippen molar-refractivity contribution in [3.8, 4) is 0 Å². The third-order valence-corrected chi connectivity index (χ3v) is 2.13. The monoisotopic (exact) mass is 268 g/mol. The predicted octanol–water partition coefficient (Wildman–Crippen LogP) is 5.20. The fraction of sp³-hybridized carbons (Fsp3) is 0.500. The predicted molar refractivity (Wildman–Crippen MR) is 73.0 cm³/mol. The minimum Gasteiger partial charge on any atom is -0.273 e. The number of unbranched alkanes of at least 4 members (excludes halogenated alkanes) is 3. The molecule has 1 heteroatoms.